The van der Waals surface area contributed by atoms with Gasteiger partial charge in [-0.2, -0.15) is 0 Å². The number of nitrogens with one attached hydrogen (secondary N) is 1. The number of sulfone groups is 1. The summed E-state index contributed by atoms with van der Waals surface area (Å²) in [5, 5.41) is 3.31. The summed E-state index contributed by atoms with van der Waals surface area (Å²) in [7, 11) is -2.81. The topological polar surface area (TPSA) is 59.1 Å². The van der Waals surface area contributed by atoms with E-state index in [9.17, 15) is 8.42 Å². The normalized spacial score (nSPS) is 27.9. The van der Waals surface area contributed by atoms with Crippen molar-refractivity contribution in [2.24, 2.45) is 11.3 Å². The quantitative estimate of drug-likeness (QED) is 0.900. The van der Waals surface area contributed by atoms with Gasteiger partial charge in [0.05, 0.1) is 11.5 Å². The zero-order chi connectivity index (χ0) is 13.5. The molecule has 1 aromatic rings. The second kappa shape index (κ2) is 4.82. The minimum atomic E-state index is -2.81. The van der Waals surface area contributed by atoms with Gasteiger partial charge < -0.3 is 5.32 Å². The van der Waals surface area contributed by atoms with Gasteiger partial charge in [0.15, 0.2) is 9.84 Å². The zero-order valence-corrected chi connectivity index (χ0v) is 13.0. The fourth-order valence-electron chi connectivity index (χ4n) is 3.24. The number of aromatic nitrogens is 1. The Labute approximate surface area is 122 Å². The molecule has 1 N–H and O–H groups in total. The molecule has 2 aliphatic rings. The summed E-state index contributed by atoms with van der Waals surface area (Å²) in [5.74, 6) is 1.00. The first-order valence-corrected chi connectivity index (χ1v) is 9.11. The lowest BCUT2D eigenvalue weighted by Gasteiger charge is -2.47. The molecule has 104 valence electrons. The van der Waals surface area contributed by atoms with E-state index in [0.717, 1.165) is 30.4 Å². The Bertz CT molecular complexity index is 584. The van der Waals surface area contributed by atoms with Gasteiger partial charge in [-0.05, 0) is 46.3 Å². The van der Waals surface area contributed by atoms with Crippen LogP contribution in [-0.4, -0.2) is 38.0 Å². The highest BCUT2D eigenvalue weighted by atomic mass is 79.9. The summed E-state index contributed by atoms with van der Waals surface area (Å²) < 4.78 is 24.4. The molecule has 3 heterocycles. The van der Waals surface area contributed by atoms with Crippen molar-refractivity contribution in [1.82, 2.24) is 10.3 Å². The third kappa shape index (κ3) is 2.71. The van der Waals surface area contributed by atoms with Crippen LogP contribution in [-0.2, 0) is 16.3 Å². The molecule has 0 amide bonds. The van der Waals surface area contributed by atoms with Gasteiger partial charge >= 0.3 is 0 Å². The molecule has 0 aromatic carbocycles. The summed E-state index contributed by atoms with van der Waals surface area (Å²) in [6, 6.07) is 2.08. The minimum absolute atomic E-state index is 0.103. The van der Waals surface area contributed by atoms with E-state index >= 15 is 0 Å². The van der Waals surface area contributed by atoms with Crippen LogP contribution in [0.1, 0.15) is 12.0 Å². The van der Waals surface area contributed by atoms with Crippen molar-refractivity contribution in [2.45, 2.75) is 12.8 Å². The van der Waals surface area contributed by atoms with E-state index in [1.165, 1.54) is 5.56 Å². The Morgan fingerprint density at radius 3 is 2.74 bits per heavy atom. The van der Waals surface area contributed by atoms with Gasteiger partial charge in [0.25, 0.3) is 0 Å². The molecule has 0 aliphatic carbocycles. The molecule has 1 unspecified atom stereocenters. The molecule has 3 rings (SSSR count). The van der Waals surface area contributed by atoms with Crippen molar-refractivity contribution < 1.29 is 8.42 Å². The smallest absolute Gasteiger partial charge is 0.150 e. The Morgan fingerprint density at radius 1 is 1.42 bits per heavy atom. The largest absolute Gasteiger partial charge is 0.315 e. The average Bonchev–Trinajstić information content (AvgIpc) is 2.64. The summed E-state index contributed by atoms with van der Waals surface area (Å²) >= 11 is 3.44. The van der Waals surface area contributed by atoms with Crippen molar-refractivity contribution in [3.8, 4) is 0 Å². The van der Waals surface area contributed by atoms with Gasteiger partial charge in [-0.1, -0.05) is 0 Å². The molecule has 0 spiro atoms. The lowest BCUT2D eigenvalue weighted by Crippen LogP contribution is -2.59. The Hall–Kier alpha value is -0.460. The van der Waals surface area contributed by atoms with Crippen LogP contribution in [0.4, 0.5) is 0 Å². The number of nitrogens with zero attached hydrogens (tertiary/aromatic N) is 1. The number of pyridine rings is 1. The molecule has 2 fully saturated rings. The van der Waals surface area contributed by atoms with E-state index in [1.807, 2.05) is 6.20 Å². The van der Waals surface area contributed by atoms with Crippen molar-refractivity contribution >= 4 is 25.8 Å². The van der Waals surface area contributed by atoms with E-state index in [0.29, 0.717) is 11.5 Å². The maximum atomic E-state index is 11.7. The molecule has 0 radical (unpaired) electrons. The van der Waals surface area contributed by atoms with Gasteiger partial charge in [-0.3, -0.25) is 4.98 Å². The number of hydrogen-bond donors (Lipinski definition) is 1. The van der Waals surface area contributed by atoms with E-state index in [-0.39, 0.29) is 11.3 Å². The van der Waals surface area contributed by atoms with E-state index in [1.54, 1.807) is 6.20 Å². The van der Waals surface area contributed by atoms with Crippen LogP contribution in [0.25, 0.3) is 0 Å². The first-order chi connectivity index (χ1) is 8.99. The van der Waals surface area contributed by atoms with Crippen LogP contribution < -0.4 is 5.32 Å². The van der Waals surface area contributed by atoms with Gasteiger partial charge in [0.2, 0.25) is 0 Å². The highest BCUT2D eigenvalue weighted by Gasteiger charge is 2.48. The van der Waals surface area contributed by atoms with Crippen molar-refractivity contribution in [3.05, 3.63) is 28.5 Å². The molecule has 0 saturated carbocycles. The first kappa shape index (κ1) is 13.5. The predicted molar refractivity (Wildman–Crippen MR) is 77.7 cm³/mol. The molecule has 1 aromatic heterocycles. The maximum absolute atomic E-state index is 11.7. The number of rotatable bonds is 3. The number of hydrogen-bond acceptors (Lipinski definition) is 4. The highest BCUT2D eigenvalue weighted by molar-refractivity contribution is 9.10. The third-order valence-corrected chi connectivity index (χ3v) is 6.57. The van der Waals surface area contributed by atoms with E-state index < -0.39 is 9.84 Å². The van der Waals surface area contributed by atoms with Crippen LogP contribution in [0.2, 0.25) is 0 Å². The van der Waals surface area contributed by atoms with E-state index in [2.05, 4.69) is 32.3 Å². The Kier molecular flexibility index (Phi) is 3.43. The van der Waals surface area contributed by atoms with Gasteiger partial charge in [-0.15, -0.1) is 0 Å². The van der Waals surface area contributed by atoms with Crippen molar-refractivity contribution in [2.75, 3.05) is 24.6 Å². The highest BCUT2D eigenvalue weighted by Crippen LogP contribution is 2.41. The van der Waals surface area contributed by atoms with Crippen LogP contribution in [0.5, 0.6) is 0 Å². The van der Waals surface area contributed by atoms with Crippen LogP contribution in [0.3, 0.4) is 0 Å². The van der Waals surface area contributed by atoms with Crippen LogP contribution >= 0.6 is 15.9 Å². The fraction of sp³-hybridized carbons (Fsp3) is 0.615. The summed E-state index contributed by atoms with van der Waals surface area (Å²) in [4.78, 5) is 4.20. The van der Waals surface area contributed by atoms with Crippen molar-refractivity contribution in [3.63, 3.8) is 0 Å². The SMILES string of the molecule is O=S1(=O)CCC(C2(Cc3cncc(Br)c3)CNC2)C1. The third-order valence-electron chi connectivity index (χ3n) is 4.37. The summed E-state index contributed by atoms with van der Waals surface area (Å²) in [6.07, 6.45) is 5.38. The molecule has 6 heteroatoms. The van der Waals surface area contributed by atoms with Crippen LogP contribution in [0.15, 0.2) is 22.9 Å². The van der Waals surface area contributed by atoms with Crippen LogP contribution in [0, 0.1) is 11.3 Å². The predicted octanol–water partition coefficient (Wildman–Crippen LogP) is 1.41. The standard InChI is InChI=1S/C13H17BrN2O2S/c14-12-3-10(5-15-6-12)4-13(8-16-9-13)11-1-2-19(17,18)7-11/h3,5-6,11,16H,1-2,4,7-9H2. The fourth-order valence-corrected chi connectivity index (χ4v) is 5.60. The number of halogens is 1. The second-order valence-electron chi connectivity index (χ2n) is 5.75. The zero-order valence-electron chi connectivity index (χ0n) is 10.6. The molecule has 2 aliphatic heterocycles. The Balaban J connectivity index is 1.80. The molecule has 0 bridgehead atoms. The molecule has 4 nitrogen and oxygen atoms in total. The van der Waals surface area contributed by atoms with Gasteiger partial charge in [-0.25, -0.2) is 8.42 Å². The minimum Gasteiger partial charge on any atom is -0.315 e. The molecular formula is C13H17BrN2O2S. The molecule has 2 saturated heterocycles. The lowest BCUT2D eigenvalue weighted by molar-refractivity contribution is 0.0923. The lowest BCUT2D eigenvalue weighted by atomic mass is 9.67. The van der Waals surface area contributed by atoms with Gasteiger partial charge in [0.1, 0.15) is 0 Å². The summed E-state index contributed by atoms with van der Waals surface area (Å²) in [6.45, 7) is 1.83. The van der Waals surface area contributed by atoms with E-state index in [4.69, 9.17) is 0 Å². The monoisotopic (exact) mass is 344 g/mol. The molecule has 1 atom stereocenters. The Morgan fingerprint density at radius 2 is 2.21 bits per heavy atom. The molecular weight excluding hydrogens is 328 g/mol. The average molecular weight is 345 g/mol. The first-order valence-electron chi connectivity index (χ1n) is 6.50. The van der Waals surface area contributed by atoms with Crippen molar-refractivity contribution in [1.29, 1.82) is 0 Å². The maximum Gasteiger partial charge on any atom is 0.150 e. The second-order valence-corrected chi connectivity index (χ2v) is 8.90. The summed E-state index contributed by atoms with van der Waals surface area (Å²) in [5.41, 5.74) is 1.28. The van der Waals surface area contributed by atoms with Gasteiger partial charge in [0, 0.05) is 35.4 Å². The molecule has 19 heavy (non-hydrogen) atoms.